The molecule has 1 amide bonds. The van der Waals surface area contributed by atoms with Gasteiger partial charge < -0.3 is 5.32 Å². The summed E-state index contributed by atoms with van der Waals surface area (Å²) in [5.74, 6) is 0.286. The van der Waals surface area contributed by atoms with Crippen LogP contribution in [0.5, 0.6) is 0 Å². The number of carbonyl (C=O) groups is 1. The smallest absolute Gasteiger partial charge is 0.273 e. The number of tetrazole rings is 1. The summed E-state index contributed by atoms with van der Waals surface area (Å²) in [6.07, 6.45) is 0. The van der Waals surface area contributed by atoms with E-state index in [0.717, 1.165) is 22.9 Å². The van der Waals surface area contributed by atoms with E-state index >= 15 is 0 Å². The highest BCUT2D eigenvalue weighted by atomic mass is 32.1. The molecule has 0 saturated carbocycles. The molecule has 0 unspecified atom stereocenters. The highest BCUT2D eigenvalue weighted by Crippen LogP contribution is 2.15. The topological polar surface area (TPSA) is 109 Å². The van der Waals surface area contributed by atoms with Crippen LogP contribution in [0.4, 0.5) is 0 Å². The van der Waals surface area contributed by atoms with Crippen molar-refractivity contribution in [2.24, 2.45) is 0 Å². The van der Waals surface area contributed by atoms with Gasteiger partial charge in [-0.2, -0.15) is 14.0 Å². The number of aryl methyl sites for hydroxylation is 1. The molecular formula is C12H11N7OS. The number of amides is 1. The number of H-pyrrole nitrogens is 1. The van der Waals surface area contributed by atoms with Gasteiger partial charge >= 0.3 is 0 Å². The maximum Gasteiger partial charge on any atom is 0.273 e. The molecule has 0 atom stereocenters. The van der Waals surface area contributed by atoms with Gasteiger partial charge in [0, 0.05) is 12.1 Å². The van der Waals surface area contributed by atoms with Crippen molar-refractivity contribution in [3.63, 3.8) is 0 Å². The molecule has 2 N–H and O–H groups in total. The third kappa shape index (κ3) is 2.92. The predicted molar refractivity (Wildman–Crippen MR) is 75.4 cm³/mol. The summed E-state index contributed by atoms with van der Waals surface area (Å²) >= 11 is 1.03. The van der Waals surface area contributed by atoms with E-state index in [4.69, 9.17) is 0 Å². The van der Waals surface area contributed by atoms with Crippen molar-refractivity contribution in [2.75, 3.05) is 0 Å². The Morgan fingerprint density at radius 3 is 3.00 bits per heavy atom. The number of rotatable bonds is 4. The fraction of sp³-hybridized carbons (Fsp3) is 0.167. The molecule has 2 heterocycles. The van der Waals surface area contributed by atoms with Gasteiger partial charge in [-0.15, -0.1) is 10.2 Å². The van der Waals surface area contributed by atoms with Gasteiger partial charge in [0.25, 0.3) is 5.91 Å². The van der Waals surface area contributed by atoms with Crippen molar-refractivity contribution in [3.8, 4) is 11.4 Å². The standard InChI is InChI=1S/C12H11N7OS/c1-7-10(17-21-16-7)12(20)13-6-8-3-2-4-9(5-8)11-14-18-19-15-11/h2-5H,6H2,1H3,(H,13,20)(H,14,15,18,19). The van der Waals surface area contributed by atoms with E-state index in [0.29, 0.717) is 23.8 Å². The van der Waals surface area contributed by atoms with E-state index in [1.807, 2.05) is 24.3 Å². The summed E-state index contributed by atoms with van der Waals surface area (Å²) < 4.78 is 7.96. The normalized spacial score (nSPS) is 10.5. The lowest BCUT2D eigenvalue weighted by Gasteiger charge is -2.05. The van der Waals surface area contributed by atoms with E-state index < -0.39 is 0 Å². The molecule has 3 aromatic rings. The first kappa shape index (κ1) is 13.3. The Balaban J connectivity index is 1.70. The molecule has 0 aliphatic carbocycles. The van der Waals surface area contributed by atoms with Crippen LogP contribution in [0.2, 0.25) is 0 Å². The van der Waals surface area contributed by atoms with Gasteiger partial charge in [-0.25, -0.2) is 0 Å². The number of carbonyl (C=O) groups excluding carboxylic acids is 1. The molecule has 1 aromatic carbocycles. The summed E-state index contributed by atoms with van der Waals surface area (Å²) in [7, 11) is 0. The highest BCUT2D eigenvalue weighted by Gasteiger charge is 2.13. The first-order valence-electron chi connectivity index (χ1n) is 6.14. The van der Waals surface area contributed by atoms with E-state index in [9.17, 15) is 4.79 Å². The summed E-state index contributed by atoms with van der Waals surface area (Å²) in [5, 5.41) is 16.6. The first-order valence-corrected chi connectivity index (χ1v) is 6.87. The van der Waals surface area contributed by atoms with Crippen molar-refractivity contribution in [1.29, 1.82) is 0 Å². The maximum atomic E-state index is 12.0. The van der Waals surface area contributed by atoms with E-state index in [1.165, 1.54) is 0 Å². The highest BCUT2D eigenvalue weighted by molar-refractivity contribution is 6.99. The van der Waals surface area contributed by atoms with Gasteiger partial charge in [-0.1, -0.05) is 18.2 Å². The number of nitrogens with zero attached hydrogens (tertiary/aromatic N) is 5. The van der Waals surface area contributed by atoms with Crippen LogP contribution >= 0.6 is 11.7 Å². The maximum absolute atomic E-state index is 12.0. The second kappa shape index (κ2) is 5.75. The molecule has 0 saturated heterocycles. The molecule has 21 heavy (non-hydrogen) atoms. The Morgan fingerprint density at radius 1 is 1.38 bits per heavy atom. The van der Waals surface area contributed by atoms with Crippen LogP contribution in [-0.4, -0.2) is 35.3 Å². The summed E-state index contributed by atoms with van der Waals surface area (Å²) in [6, 6.07) is 7.57. The molecule has 106 valence electrons. The van der Waals surface area contributed by atoms with Gasteiger partial charge in [-0.3, -0.25) is 4.79 Å². The number of aromatic amines is 1. The molecule has 0 radical (unpaired) electrons. The number of nitrogens with one attached hydrogen (secondary N) is 2. The number of benzene rings is 1. The number of aromatic nitrogens is 6. The van der Waals surface area contributed by atoms with Crippen molar-refractivity contribution in [2.45, 2.75) is 13.5 Å². The Morgan fingerprint density at radius 2 is 2.29 bits per heavy atom. The largest absolute Gasteiger partial charge is 0.347 e. The van der Waals surface area contributed by atoms with Crippen molar-refractivity contribution < 1.29 is 4.79 Å². The van der Waals surface area contributed by atoms with Crippen LogP contribution in [0.25, 0.3) is 11.4 Å². The second-order valence-corrected chi connectivity index (χ2v) is 4.85. The third-order valence-electron chi connectivity index (χ3n) is 2.85. The number of hydrogen-bond acceptors (Lipinski definition) is 7. The van der Waals surface area contributed by atoms with Crippen LogP contribution in [0.15, 0.2) is 24.3 Å². The Hall–Kier alpha value is -2.68. The molecule has 0 bridgehead atoms. The van der Waals surface area contributed by atoms with Crippen molar-refractivity contribution >= 4 is 17.6 Å². The van der Waals surface area contributed by atoms with E-state index in [2.05, 4.69) is 34.7 Å². The zero-order valence-corrected chi connectivity index (χ0v) is 11.9. The minimum absolute atomic E-state index is 0.230. The zero-order chi connectivity index (χ0) is 14.7. The first-order chi connectivity index (χ1) is 10.2. The summed E-state index contributed by atoms with van der Waals surface area (Å²) in [6.45, 7) is 2.15. The molecule has 0 spiro atoms. The van der Waals surface area contributed by atoms with Crippen LogP contribution in [-0.2, 0) is 6.54 Å². The molecule has 2 aromatic heterocycles. The lowest BCUT2D eigenvalue weighted by atomic mass is 10.1. The fourth-order valence-electron chi connectivity index (χ4n) is 1.81. The van der Waals surface area contributed by atoms with Gasteiger partial charge in [0.05, 0.1) is 17.4 Å². The SMILES string of the molecule is Cc1nsnc1C(=O)NCc1cccc(-c2nn[nH]n2)c1. The van der Waals surface area contributed by atoms with Gasteiger partial charge in [-0.05, 0) is 23.8 Å². The van der Waals surface area contributed by atoms with Crippen LogP contribution < -0.4 is 5.32 Å². The monoisotopic (exact) mass is 301 g/mol. The zero-order valence-electron chi connectivity index (χ0n) is 11.1. The van der Waals surface area contributed by atoms with Crippen molar-refractivity contribution in [1.82, 2.24) is 34.7 Å². The lowest BCUT2D eigenvalue weighted by molar-refractivity contribution is 0.0946. The Labute approximate surface area is 123 Å². The predicted octanol–water partition coefficient (Wildman–Crippen LogP) is 0.957. The summed E-state index contributed by atoms with van der Waals surface area (Å²) in [4.78, 5) is 12.0. The number of hydrogen-bond donors (Lipinski definition) is 2. The van der Waals surface area contributed by atoms with Crippen LogP contribution in [0.3, 0.4) is 0 Å². The quantitative estimate of drug-likeness (QED) is 0.742. The Bertz CT molecular complexity index is 753. The van der Waals surface area contributed by atoms with E-state index in [1.54, 1.807) is 6.92 Å². The minimum Gasteiger partial charge on any atom is -0.347 e. The van der Waals surface area contributed by atoms with Gasteiger partial charge in [0.1, 0.15) is 0 Å². The lowest BCUT2D eigenvalue weighted by Crippen LogP contribution is -2.23. The molecule has 8 nitrogen and oxygen atoms in total. The average Bonchev–Trinajstić information content (AvgIpc) is 3.16. The molecule has 3 rings (SSSR count). The van der Waals surface area contributed by atoms with Crippen LogP contribution in [0, 0.1) is 6.92 Å². The fourth-order valence-corrected chi connectivity index (χ4v) is 2.35. The third-order valence-corrected chi connectivity index (χ3v) is 3.47. The van der Waals surface area contributed by atoms with E-state index in [-0.39, 0.29) is 5.91 Å². The van der Waals surface area contributed by atoms with Gasteiger partial charge in [0.2, 0.25) is 5.82 Å². The summed E-state index contributed by atoms with van der Waals surface area (Å²) in [5.41, 5.74) is 2.78. The van der Waals surface area contributed by atoms with Gasteiger partial charge in [0.15, 0.2) is 5.69 Å². The molecule has 0 fully saturated rings. The van der Waals surface area contributed by atoms with Crippen LogP contribution in [0.1, 0.15) is 21.7 Å². The molecule has 0 aliphatic rings. The second-order valence-electron chi connectivity index (χ2n) is 4.32. The average molecular weight is 301 g/mol. The minimum atomic E-state index is -0.230. The Kier molecular flexibility index (Phi) is 3.65. The molecule has 9 heteroatoms. The van der Waals surface area contributed by atoms with Crippen molar-refractivity contribution in [3.05, 3.63) is 41.2 Å². The molecular weight excluding hydrogens is 290 g/mol. The molecule has 0 aliphatic heterocycles.